The van der Waals surface area contributed by atoms with Crippen molar-refractivity contribution in [1.82, 2.24) is 4.90 Å². The first-order valence-corrected chi connectivity index (χ1v) is 8.61. The minimum Gasteiger partial charge on any atom is -0.497 e. The fraction of sp³-hybridized carbons (Fsp3) is 0.350. The predicted octanol–water partition coefficient (Wildman–Crippen LogP) is 3.76. The molecule has 0 saturated carbocycles. The lowest BCUT2D eigenvalue weighted by molar-refractivity contribution is -0.120. The molecule has 0 aliphatic heterocycles. The molecule has 0 heterocycles. The van der Waals surface area contributed by atoms with Crippen molar-refractivity contribution >= 4 is 11.6 Å². The third kappa shape index (κ3) is 5.82. The monoisotopic (exact) mass is 394 g/mol. The van der Waals surface area contributed by atoms with Crippen molar-refractivity contribution in [2.75, 3.05) is 26.6 Å². The standard InChI is InChI=1S/C20H24F2N2O4/c1-13(19(25)23-17-10-9-16(26-3)11-18(17)27-4)24(2)12-14-5-7-15(8-6-14)28-20(21)22/h5-11,13,20H,12H2,1-4H3,(H,23,25). The molecule has 0 aliphatic carbocycles. The van der Waals surface area contributed by atoms with Gasteiger partial charge in [0.25, 0.3) is 0 Å². The zero-order valence-corrected chi connectivity index (χ0v) is 16.2. The van der Waals surface area contributed by atoms with Crippen LogP contribution in [0.15, 0.2) is 42.5 Å². The minimum absolute atomic E-state index is 0.0961. The molecule has 0 radical (unpaired) electrons. The second-order valence-corrected chi connectivity index (χ2v) is 6.17. The van der Waals surface area contributed by atoms with E-state index in [1.165, 1.54) is 19.2 Å². The number of alkyl halides is 2. The lowest BCUT2D eigenvalue weighted by Gasteiger charge is -2.24. The number of halogens is 2. The van der Waals surface area contributed by atoms with Gasteiger partial charge in [-0.2, -0.15) is 8.78 Å². The highest BCUT2D eigenvalue weighted by atomic mass is 19.3. The third-order valence-electron chi connectivity index (χ3n) is 4.29. The second-order valence-electron chi connectivity index (χ2n) is 6.17. The molecule has 0 bridgehead atoms. The topological polar surface area (TPSA) is 60.0 Å². The van der Waals surface area contributed by atoms with Crippen molar-refractivity contribution in [1.29, 1.82) is 0 Å². The smallest absolute Gasteiger partial charge is 0.387 e. The van der Waals surface area contributed by atoms with Gasteiger partial charge in [0.05, 0.1) is 25.9 Å². The van der Waals surface area contributed by atoms with Crippen molar-refractivity contribution in [2.24, 2.45) is 0 Å². The summed E-state index contributed by atoms with van der Waals surface area (Å²) in [5.41, 5.74) is 1.41. The molecule has 8 heteroatoms. The zero-order chi connectivity index (χ0) is 20.7. The Morgan fingerprint density at radius 1 is 1.07 bits per heavy atom. The highest BCUT2D eigenvalue weighted by Gasteiger charge is 2.20. The summed E-state index contributed by atoms with van der Waals surface area (Å²) in [5, 5.41) is 2.85. The quantitative estimate of drug-likeness (QED) is 0.702. The number of methoxy groups -OCH3 is 2. The number of carbonyl (C=O) groups excluding carboxylic acids is 1. The van der Waals surface area contributed by atoms with Gasteiger partial charge in [0.1, 0.15) is 17.2 Å². The SMILES string of the molecule is COc1ccc(NC(=O)C(C)N(C)Cc2ccc(OC(F)F)cc2)c(OC)c1. The summed E-state index contributed by atoms with van der Waals surface area (Å²) in [7, 11) is 4.87. The van der Waals surface area contributed by atoms with Crippen LogP contribution in [0, 0.1) is 0 Å². The molecule has 6 nitrogen and oxygen atoms in total. The van der Waals surface area contributed by atoms with Gasteiger partial charge in [-0.1, -0.05) is 12.1 Å². The number of nitrogens with one attached hydrogen (secondary N) is 1. The van der Waals surface area contributed by atoms with Crippen molar-refractivity contribution in [2.45, 2.75) is 26.1 Å². The molecule has 0 saturated heterocycles. The summed E-state index contributed by atoms with van der Waals surface area (Å²) in [4.78, 5) is 14.4. The number of likely N-dealkylation sites (N-methyl/N-ethyl adjacent to an activating group) is 1. The number of carbonyl (C=O) groups is 1. The molecule has 1 atom stereocenters. The maximum atomic E-state index is 12.6. The summed E-state index contributed by atoms with van der Waals surface area (Å²) in [6.07, 6.45) is 0. The van der Waals surface area contributed by atoms with Gasteiger partial charge >= 0.3 is 6.61 Å². The van der Waals surface area contributed by atoms with E-state index in [1.807, 2.05) is 4.90 Å². The molecule has 1 N–H and O–H groups in total. The van der Waals surface area contributed by atoms with Crippen LogP contribution < -0.4 is 19.5 Å². The Balaban J connectivity index is 1.98. The van der Waals surface area contributed by atoms with Crippen LogP contribution in [0.2, 0.25) is 0 Å². The predicted molar refractivity (Wildman–Crippen MR) is 102 cm³/mol. The molecule has 2 aromatic rings. The molecule has 1 unspecified atom stereocenters. The molecule has 0 aromatic heterocycles. The summed E-state index contributed by atoms with van der Waals surface area (Å²) in [5.74, 6) is 1.01. The van der Waals surface area contributed by atoms with E-state index < -0.39 is 12.7 Å². The number of anilines is 1. The number of hydrogen-bond acceptors (Lipinski definition) is 5. The van der Waals surface area contributed by atoms with E-state index in [-0.39, 0.29) is 11.7 Å². The van der Waals surface area contributed by atoms with E-state index in [0.717, 1.165) is 5.56 Å². The van der Waals surface area contributed by atoms with Crippen LogP contribution in [0.5, 0.6) is 17.2 Å². The van der Waals surface area contributed by atoms with Gasteiger partial charge < -0.3 is 19.5 Å². The maximum Gasteiger partial charge on any atom is 0.387 e. The van der Waals surface area contributed by atoms with Crippen LogP contribution >= 0.6 is 0 Å². The molecule has 152 valence electrons. The Kier molecular flexibility index (Phi) is 7.57. The lowest BCUT2D eigenvalue weighted by atomic mass is 10.1. The second kappa shape index (κ2) is 9.89. The molecule has 2 rings (SSSR count). The van der Waals surface area contributed by atoms with E-state index in [0.29, 0.717) is 23.7 Å². The first-order valence-electron chi connectivity index (χ1n) is 8.61. The third-order valence-corrected chi connectivity index (χ3v) is 4.29. The average molecular weight is 394 g/mol. The summed E-state index contributed by atoms with van der Waals surface area (Å²) < 4.78 is 39.2. The van der Waals surface area contributed by atoms with Gasteiger partial charge in [0.2, 0.25) is 5.91 Å². The van der Waals surface area contributed by atoms with Crippen LogP contribution in [-0.2, 0) is 11.3 Å². The number of nitrogens with zero attached hydrogens (tertiary/aromatic N) is 1. The highest BCUT2D eigenvalue weighted by Crippen LogP contribution is 2.29. The number of ether oxygens (including phenoxy) is 3. The van der Waals surface area contributed by atoms with Crippen molar-refractivity contribution < 1.29 is 27.8 Å². The van der Waals surface area contributed by atoms with Crippen molar-refractivity contribution in [3.8, 4) is 17.2 Å². The largest absolute Gasteiger partial charge is 0.497 e. The molecule has 0 spiro atoms. The Bertz CT molecular complexity index is 784. The Hall–Kier alpha value is -2.87. The maximum absolute atomic E-state index is 12.6. The van der Waals surface area contributed by atoms with E-state index in [1.54, 1.807) is 51.4 Å². The van der Waals surface area contributed by atoms with Gasteiger partial charge in [0.15, 0.2) is 0 Å². The first kappa shape index (κ1) is 21.4. The van der Waals surface area contributed by atoms with Gasteiger partial charge in [-0.15, -0.1) is 0 Å². The Morgan fingerprint density at radius 3 is 2.29 bits per heavy atom. The van der Waals surface area contributed by atoms with Crippen molar-refractivity contribution in [3.05, 3.63) is 48.0 Å². The van der Waals surface area contributed by atoms with Gasteiger partial charge in [0, 0.05) is 12.6 Å². The van der Waals surface area contributed by atoms with E-state index in [2.05, 4.69) is 10.1 Å². The van der Waals surface area contributed by atoms with Crippen LogP contribution in [0.4, 0.5) is 14.5 Å². The average Bonchev–Trinajstić information content (AvgIpc) is 2.68. The van der Waals surface area contributed by atoms with Gasteiger partial charge in [-0.05, 0) is 43.8 Å². The number of hydrogen-bond donors (Lipinski definition) is 1. The Labute approximate surface area is 163 Å². The van der Waals surface area contributed by atoms with Gasteiger partial charge in [-0.3, -0.25) is 9.69 Å². The fourth-order valence-electron chi connectivity index (χ4n) is 2.54. The number of amides is 1. The van der Waals surface area contributed by atoms with Crippen LogP contribution in [-0.4, -0.2) is 44.7 Å². The Morgan fingerprint density at radius 2 is 1.71 bits per heavy atom. The van der Waals surface area contributed by atoms with Gasteiger partial charge in [-0.25, -0.2) is 0 Å². The molecule has 2 aromatic carbocycles. The highest BCUT2D eigenvalue weighted by molar-refractivity contribution is 5.95. The number of rotatable bonds is 9. The van der Waals surface area contributed by atoms with Crippen LogP contribution in [0.1, 0.15) is 12.5 Å². The molecular weight excluding hydrogens is 370 g/mol. The van der Waals surface area contributed by atoms with E-state index in [4.69, 9.17) is 9.47 Å². The van der Waals surface area contributed by atoms with E-state index >= 15 is 0 Å². The summed E-state index contributed by atoms with van der Waals surface area (Å²) in [6.45, 7) is -0.615. The minimum atomic E-state index is -2.85. The zero-order valence-electron chi connectivity index (χ0n) is 16.2. The molecule has 1 amide bonds. The summed E-state index contributed by atoms with van der Waals surface area (Å²) >= 11 is 0. The fourth-order valence-corrected chi connectivity index (χ4v) is 2.54. The lowest BCUT2D eigenvalue weighted by Crippen LogP contribution is -2.39. The first-order chi connectivity index (χ1) is 13.3. The molecular formula is C20H24F2N2O4. The van der Waals surface area contributed by atoms with E-state index in [9.17, 15) is 13.6 Å². The molecule has 0 aliphatic rings. The molecule has 0 fully saturated rings. The summed E-state index contributed by atoms with van der Waals surface area (Å²) in [6, 6.07) is 11.0. The van der Waals surface area contributed by atoms with Crippen molar-refractivity contribution in [3.63, 3.8) is 0 Å². The molecule has 28 heavy (non-hydrogen) atoms. The van der Waals surface area contributed by atoms with Crippen LogP contribution in [0.3, 0.4) is 0 Å². The van der Waals surface area contributed by atoms with Crippen LogP contribution in [0.25, 0.3) is 0 Å². The number of benzene rings is 2. The normalized spacial score (nSPS) is 12.0.